The Labute approximate surface area is 223 Å². The minimum absolute atomic E-state index is 0. The predicted octanol–water partition coefficient (Wildman–Crippen LogP) is 4.87. The normalized spacial score (nSPS) is 19.2. The largest absolute Gasteiger partial charge is 0.478 e. The van der Waals surface area contributed by atoms with Gasteiger partial charge in [0.2, 0.25) is 5.91 Å². The van der Waals surface area contributed by atoms with Crippen molar-refractivity contribution in [3.8, 4) is 0 Å². The van der Waals surface area contributed by atoms with Gasteiger partial charge in [-0.1, -0.05) is 35.9 Å². The third-order valence-electron chi connectivity index (χ3n) is 7.17. The van der Waals surface area contributed by atoms with Crippen molar-refractivity contribution in [1.29, 1.82) is 0 Å². The van der Waals surface area contributed by atoms with E-state index in [9.17, 15) is 9.59 Å². The van der Waals surface area contributed by atoms with Crippen molar-refractivity contribution in [2.75, 3.05) is 26.3 Å². The summed E-state index contributed by atoms with van der Waals surface area (Å²) >= 11 is 6.08. The highest BCUT2D eigenvalue weighted by Crippen LogP contribution is 2.33. The number of rotatable bonds is 8. The summed E-state index contributed by atoms with van der Waals surface area (Å²) in [6, 6.07) is 14.1. The van der Waals surface area contributed by atoms with Crippen LogP contribution in [-0.4, -0.2) is 59.8 Å². The molecule has 0 saturated carbocycles. The highest BCUT2D eigenvalue weighted by atomic mass is 35.5. The molecule has 0 unspecified atom stereocenters. The van der Waals surface area contributed by atoms with Gasteiger partial charge in [-0.3, -0.25) is 9.69 Å². The molecule has 0 spiro atoms. The third kappa shape index (κ3) is 6.78. The first kappa shape index (κ1) is 28.4. The van der Waals surface area contributed by atoms with Crippen molar-refractivity contribution >= 4 is 35.9 Å². The van der Waals surface area contributed by atoms with Crippen LogP contribution < -0.4 is 5.32 Å². The minimum Gasteiger partial charge on any atom is -0.478 e. The zero-order chi connectivity index (χ0) is 24.8. The van der Waals surface area contributed by atoms with Crippen molar-refractivity contribution in [3.05, 3.63) is 70.2 Å². The van der Waals surface area contributed by atoms with E-state index in [2.05, 4.69) is 10.2 Å². The van der Waals surface area contributed by atoms with Gasteiger partial charge in [0.15, 0.2) is 0 Å². The van der Waals surface area contributed by atoms with E-state index < -0.39 is 11.5 Å². The van der Waals surface area contributed by atoms with Crippen molar-refractivity contribution in [2.24, 2.45) is 0 Å². The predicted molar refractivity (Wildman–Crippen MR) is 141 cm³/mol. The van der Waals surface area contributed by atoms with Gasteiger partial charge in [-0.25, -0.2) is 4.79 Å². The summed E-state index contributed by atoms with van der Waals surface area (Å²) in [5.41, 5.74) is 1.56. The van der Waals surface area contributed by atoms with Crippen LogP contribution in [0.5, 0.6) is 0 Å². The molecule has 2 heterocycles. The van der Waals surface area contributed by atoms with Gasteiger partial charge in [0, 0.05) is 31.3 Å². The fourth-order valence-corrected chi connectivity index (χ4v) is 5.23. The first-order chi connectivity index (χ1) is 16.9. The molecule has 36 heavy (non-hydrogen) atoms. The molecule has 2 aromatic carbocycles. The number of halogens is 2. The fourth-order valence-electron chi connectivity index (χ4n) is 5.02. The first-order valence-corrected chi connectivity index (χ1v) is 12.6. The molecule has 7 nitrogen and oxygen atoms in total. The van der Waals surface area contributed by atoms with Crippen LogP contribution in [0.2, 0.25) is 5.02 Å². The van der Waals surface area contributed by atoms with Crippen LogP contribution in [0.15, 0.2) is 48.5 Å². The molecule has 196 valence electrons. The SMILES string of the molecule is C[C@H](NC(=O)C1(N2CCC(OCc3cccc(Cl)c3)CC2)CCOCC1)c1ccc(C(=O)O)cc1.Cl. The van der Waals surface area contributed by atoms with Crippen molar-refractivity contribution < 1.29 is 24.2 Å². The van der Waals surface area contributed by atoms with Crippen molar-refractivity contribution in [3.63, 3.8) is 0 Å². The molecular formula is C27H34Cl2N2O5. The number of piperidine rings is 1. The van der Waals surface area contributed by atoms with Crippen LogP contribution in [0.25, 0.3) is 0 Å². The molecular weight excluding hydrogens is 503 g/mol. The Morgan fingerprint density at radius 2 is 1.83 bits per heavy atom. The first-order valence-electron chi connectivity index (χ1n) is 12.2. The fraction of sp³-hybridized carbons (Fsp3) is 0.481. The van der Waals surface area contributed by atoms with E-state index in [1.807, 2.05) is 31.2 Å². The molecule has 0 aromatic heterocycles. The number of carbonyl (C=O) groups excluding carboxylic acids is 1. The maximum Gasteiger partial charge on any atom is 0.335 e. The Bertz CT molecular complexity index is 1020. The van der Waals surface area contributed by atoms with Gasteiger partial charge in [-0.2, -0.15) is 0 Å². The molecule has 2 aliphatic heterocycles. The lowest BCUT2D eigenvalue weighted by atomic mass is 9.84. The Kier molecular flexibility index (Phi) is 10.2. The van der Waals surface area contributed by atoms with Gasteiger partial charge < -0.3 is 19.9 Å². The number of benzene rings is 2. The lowest BCUT2D eigenvalue weighted by molar-refractivity contribution is -0.145. The quantitative estimate of drug-likeness (QED) is 0.500. The van der Waals surface area contributed by atoms with Gasteiger partial charge in [-0.05, 0) is 68.0 Å². The van der Waals surface area contributed by atoms with Gasteiger partial charge in [0.25, 0.3) is 0 Å². The summed E-state index contributed by atoms with van der Waals surface area (Å²) in [6.45, 7) is 5.14. The number of ether oxygens (including phenoxy) is 2. The molecule has 1 atom stereocenters. The summed E-state index contributed by atoms with van der Waals surface area (Å²) in [5, 5.41) is 13.0. The number of amides is 1. The smallest absolute Gasteiger partial charge is 0.335 e. The van der Waals surface area contributed by atoms with E-state index >= 15 is 0 Å². The van der Waals surface area contributed by atoms with E-state index in [4.69, 9.17) is 26.2 Å². The highest BCUT2D eigenvalue weighted by molar-refractivity contribution is 6.30. The zero-order valence-electron chi connectivity index (χ0n) is 20.5. The van der Waals surface area contributed by atoms with Crippen molar-refractivity contribution in [1.82, 2.24) is 10.2 Å². The van der Waals surface area contributed by atoms with E-state index in [-0.39, 0.29) is 36.0 Å². The van der Waals surface area contributed by atoms with E-state index in [0.717, 1.165) is 37.1 Å². The number of hydrogen-bond donors (Lipinski definition) is 2. The van der Waals surface area contributed by atoms with Gasteiger partial charge >= 0.3 is 5.97 Å². The maximum absolute atomic E-state index is 13.7. The zero-order valence-corrected chi connectivity index (χ0v) is 22.0. The maximum atomic E-state index is 13.7. The Hall–Kier alpha value is -2.16. The molecule has 4 rings (SSSR count). The lowest BCUT2D eigenvalue weighted by Gasteiger charge is -2.48. The number of carboxylic acid groups (broad SMARTS) is 1. The molecule has 0 bridgehead atoms. The summed E-state index contributed by atoms with van der Waals surface area (Å²) in [5.74, 6) is -0.955. The monoisotopic (exact) mass is 536 g/mol. The van der Waals surface area contributed by atoms with Crippen LogP contribution in [0.3, 0.4) is 0 Å². The summed E-state index contributed by atoms with van der Waals surface area (Å²) in [4.78, 5) is 27.1. The number of carboxylic acids is 1. The van der Waals surface area contributed by atoms with Gasteiger partial charge in [-0.15, -0.1) is 12.4 Å². The summed E-state index contributed by atoms with van der Waals surface area (Å²) in [7, 11) is 0. The van der Waals surface area contributed by atoms with E-state index in [1.165, 1.54) is 0 Å². The topological polar surface area (TPSA) is 88.1 Å². The number of nitrogens with zero attached hydrogens (tertiary/aromatic N) is 1. The average Bonchev–Trinajstić information content (AvgIpc) is 2.88. The molecule has 0 radical (unpaired) electrons. The number of nitrogens with one attached hydrogen (secondary N) is 1. The van der Waals surface area contributed by atoms with Crippen molar-refractivity contribution in [2.45, 2.75) is 56.9 Å². The molecule has 2 aromatic rings. The second-order valence-corrected chi connectivity index (χ2v) is 9.83. The molecule has 2 N–H and O–H groups in total. The van der Waals surface area contributed by atoms with E-state index in [0.29, 0.717) is 37.7 Å². The molecule has 2 fully saturated rings. The molecule has 2 aliphatic rings. The summed E-state index contributed by atoms with van der Waals surface area (Å²) in [6.07, 6.45) is 3.18. The lowest BCUT2D eigenvalue weighted by Crippen LogP contribution is -2.63. The van der Waals surface area contributed by atoms with Crippen LogP contribution in [-0.2, 0) is 20.9 Å². The van der Waals surface area contributed by atoms with E-state index in [1.54, 1.807) is 24.3 Å². The standard InChI is InChI=1S/C27H33ClN2O5.ClH/c1-19(21-5-7-22(8-6-21)25(31)32)29-26(33)27(11-15-34-16-12-27)30-13-9-24(10-14-30)35-18-20-3-2-4-23(28)17-20;/h2-8,17,19,24H,9-16,18H2,1H3,(H,29,33)(H,31,32);1H/t19-;/m0./s1. The van der Waals surface area contributed by atoms with Crippen LogP contribution in [0.1, 0.15) is 60.1 Å². The third-order valence-corrected chi connectivity index (χ3v) is 7.40. The summed E-state index contributed by atoms with van der Waals surface area (Å²) < 4.78 is 11.8. The molecule has 1 amide bonds. The number of aromatic carboxylic acids is 1. The average molecular weight is 537 g/mol. The molecule has 9 heteroatoms. The number of hydrogen-bond acceptors (Lipinski definition) is 5. The van der Waals surface area contributed by atoms with Crippen LogP contribution in [0.4, 0.5) is 0 Å². The van der Waals surface area contributed by atoms with Gasteiger partial charge in [0.05, 0.1) is 24.3 Å². The van der Waals surface area contributed by atoms with Gasteiger partial charge in [0.1, 0.15) is 5.54 Å². The Morgan fingerprint density at radius 1 is 1.17 bits per heavy atom. The second-order valence-electron chi connectivity index (χ2n) is 9.39. The number of carbonyl (C=O) groups is 2. The molecule has 0 aliphatic carbocycles. The highest BCUT2D eigenvalue weighted by Gasteiger charge is 2.46. The molecule has 2 saturated heterocycles. The second kappa shape index (κ2) is 12.9. The van der Waals surface area contributed by atoms with Crippen LogP contribution >= 0.6 is 24.0 Å². The Morgan fingerprint density at radius 3 is 2.44 bits per heavy atom. The Balaban J connectivity index is 0.00000361. The van der Waals surface area contributed by atoms with Crippen LogP contribution in [0, 0.1) is 0 Å². The minimum atomic E-state index is -0.964. The number of likely N-dealkylation sites (tertiary alicyclic amines) is 1.